The number of aromatic nitrogens is 2. The van der Waals surface area contributed by atoms with Crippen molar-refractivity contribution in [2.75, 3.05) is 41.8 Å². The smallest absolute Gasteiger partial charge is 0.267 e. The van der Waals surface area contributed by atoms with Crippen molar-refractivity contribution in [2.45, 2.75) is 25.9 Å². The lowest BCUT2D eigenvalue weighted by Crippen LogP contribution is -2.37. The van der Waals surface area contributed by atoms with Gasteiger partial charge in [-0.2, -0.15) is 0 Å². The minimum Gasteiger partial charge on any atom is -0.475 e. The standard InChI is InChI=1S/C19H23N5O3/c1-19(2,26)10-23-6-5-12-9-13(3-4-14(12)23)24-7-8-27-17-15(18(24)25)16(20)21-11-22-17/h3-4,9,11,26H,5-8,10H2,1-2H3,(H2,20,21,22). The van der Waals surface area contributed by atoms with Gasteiger partial charge in [0.25, 0.3) is 5.91 Å². The predicted octanol–water partition coefficient (Wildman–Crippen LogP) is 1.23. The van der Waals surface area contributed by atoms with Gasteiger partial charge in [-0.25, -0.2) is 9.97 Å². The van der Waals surface area contributed by atoms with E-state index in [-0.39, 0.29) is 23.2 Å². The summed E-state index contributed by atoms with van der Waals surface area (Å²) in [5.74, 6) is 0.0915. The number of anilines is 3. The Morgan fingerprint density at radius 2 is 2.11 bits per heavy atom. The van der Waals surface area contributed by atoms with Gasteiger partial charge in [-0.05, 0) is 44.0 Å². The van der Waals surface area contributed by atoms with Crippen molar-refractivity contribution in [1.82, 2.24) is 9.97 Å². The molecule has 3 N–H and O–H groups in total. The number of amides is 1. The molecule has 8 heteroatoms. The van der Waals surface area contributed by atoms with Crippen molar-refractivity contribution in [2.24, 2.45) is 0 Å². The summed E-state index contributed by atoms with van der Waals surface area (Å²) < 4.78 is 5.59. The minimum atomic E-state index is -0.764. The molecule has 0 spiro atoms. The molecule has 0 saturated heterocycles. The van der Waals surface area contributed by atoms with Gasteiger partial charge in [0.05, 0.1) is 12.1 Å². The fourth-order valence-corrected chi connectivity index (χ4v) is 3.66. The van der Waals surface area contributed by atoms with E-state index < -0.39 is 5.60 Å². The van der Waals surface area contributed by atoms with Gasteiger partial charge in [0.15, 0.2) is 0 Å². The first-order valence-electron chi connectivity index (χ1n) is 8.99. The van der Waals surface area contributed by atoms with Gasteiger partial charge in [0.1, 0.15) is 24.3 Å². The number of β-amino-alcohol motifs (C(OH)–C–C–N with tert-alkyl or cyclic N) is 1. The number of carbonyl (C=O) groups excluding carboxylic acids is 1. The third-order valence-corrected chi connectivity index (χ3v) is 4.80. The van der Waals surface area contributed by atoms with E-state index in [1.54, 1.807) is 18.7 Å². The SMILES string of the molecule is CC(C)(O)CN1CCc2cc(N3CCOc4ncnc(N)c4C3=O)ccc21. The number of aliphatic hydroxyl groups is 1. The van der Waals surface area contributed by atoms with E-state index in [9.17, 15) is 9.90 Å². The maximum Gasteiger partial charge on any atom is 0.267 e. The minimum absolute atomic E-state index is 0.120. The maximum absolute atomic E-state index is 13.1. The molecule has 2 aliphatic heterocycles. The van der Waals surface area contributed by atoms with Gasteiger partial charge in [-0.3, -0.25) is 4.79 Å². The summed E-state index contributed by atoms with van der Waals surface area (Å²) in [4.78, 5) is 24.8. The van der Waals surface area contributed by atoms with Gasteiger partial charge in [0.2, 0.25) is 5.88 Å². The zero-order valence-electron chi connectivity index (χ0n) is 15.5. The normalized spacial score (nSPS) is 16.6. The Morgan fingerprint density at radius 3 is 2.89 bits per heavy atom. The molecule has 27 heavy (non-hydrogen) atoms. The highest BCUT2D eigenvalue weighted by Gasteiger charge is 2.30. The van der Waals surface area contributed by atoms with Crippen molar-refractivity contribution in [3.05, 3.63) is 35.7 Å². The van der Waals surface area contributed by atoms with Crippen LogP contribution in [0.5, 0.6) is 5.88 Å². The highest BCUT2D eigenvalue weighted by Crippen LogP contribution is 2.34. The van der Waals surface area contributed by atoms with Crippen LogP contribution < -0.4 is 20.3 Å². The van der Waals surface area contributed by atoms with E-state index in [1.807, 2.05) is 18.2 Å². The Bertz CT molecular complexity index is 893. The number of rotatable bonds is 3. The van der Waals surface area contributed by atoms with E-state index in [4.69, 9.17) is 10.5 Å². The fourth-order valence-electron chi connectivity index (χ4n) is 3.66. The summed E-state index contributed by atoms with van der Waals surface area (Å²) >= 11 is 0. The molecule has 0 fully saturated rings. The lowest BCUT2D eigenvalue weighted by Gasteiger charge is -2.28. The third-order valence-electron chi connectivity index (χ3n) is 4.80. The van der Waals surface area contributed by atoms with E-state index in [2.05, 4.69) is 14.9 Å². The number of nitrogens with two attached hydrogens (primary N) is 1. The number of ether oxygens (including phenoxy) is 1. The van der Waals surface area contributed by atoms with Crippen LogP contribution in [0, 0.1) is 0 Å². The molecule has 1 amide bonds. The first-order chi connectivity index (χ1) is 12.8. The molecule has 0 unspecified atom stereocenters. The average Bonchev–Trinajstić information content (AvgIpc) is 2.89. The lowest BCUT2D eigenvalue weighted by atomic mass is 10.1. The molecular formula is C19H23N5O3. The van der Waals surface area contributed by atoms with Crippen LogP contribution >= 0.6 is 0 Å². The largest absolute Gasteiger partial charge is 0.475 e. The van der Waals surface area contributed by atoms with Crippen molar-refractivity contribution in [3.63, 3.8) is 0 Å². The second kappa shape index (κ2) is 6.38. The van der Waals surface area contributed by atoms with Crippen LogP contribution in [0.3, 0.4) is 0 Å². The first kappa shape index (κ1) is 17.5. The summed E-state index contributed by atoms with van der Waals surface area (Å²) in [5.41, 5.74) is 8.40. The van der Waals surface area contributed by atoms with Gasteiger partial charge < -0.3 is 25.4 Å². The molecular weight excluding hydrogens is 346 g/mol. The second-order valence-corrected chi connectivity index (χ2v) is 7.54. The Hall–Kier alpha value is -2.87. The highest BCUT2D eigenvalue weighted by atomic mass is 16.5. The Labute approximate surface area is 157 Å². The molecule has 2 aliphatic rings. The number of carbonyl (C=O) groups is 1. The summed E-state index contributed by atoms with van der Waals surface area (Å²) in [6.45, 7) is 5.76. The molecule has 142 valence electrons. The first-order valence-corrected chi connectivity index (χ1v) is 8.99. The molecule has 2 aromatic rings. The van der Waals surface area contributed by atoms with Crippen LogP contribution in [0.2, 0.25) is 0 Å². The Kier molecular flexibility index (Phi) is 4.15. The van der Waals surface area contributed by atoms with Crippen molar-refractivity contribution in [1.29, 1.82) is 0 Å². The van der Waals surface area contributed by atoms with Crippen LogP contribution in [-0.4, -0.2) is 52.8 Å². The third kappa shape index (κ3) is 3.28. The molecule has 1 aromatic carbocycles. The summed E-state index contributed by atoms with van der Waals surface area (Å²) in [6.07, 6.45) is 2.17. The van der Waals surface area contributed by atoms with Crippen LogP contribution in [0.25, 0.3) is 0 Å². The summed E-state index contributed by atoms with van der Waals surface area (Å²) in [5, 5.41) is 10.1. The monoisotopic (exact) mass is 369 g/mol. The number of fused-ring (bicyclic) bond motifs is 2. The molecule has 3 heterocycles. The Morgan fingerprint density at radius 1 is 1.30 bits per heavy atom. The second-order valence-electron chi connectivity index (χ2n) is 7.54. The van der Waals surface area contributed by atoms with Crippen molar-refractivity contribution in [3.8, 4) is 5.88 Å². The average molecular weight is 369 g/mol. The van der Waals surface area contributed by atoms with E-state index >= 15 is 0 Å². The topological polar surface area (TPSA) is 105 Å². The van der Waals surface area contributed by atoms with Crippen molar-refractivity contribution >= 4 is 23.1 Å². The van der Waals surface area contributed by atoms with E-state index in [0.717, 1.165) is 29.9 Å². The number of nitrogen functional groups attached to an aromatic ring is 1. The van der Waals surface area contributed by atoms with E-state index in [0.29, 0.717) is 19.7 Å². The molecule has 0 bridgehead atoms. The van der Waals surface area contributed by atoms with Gasteiger partial charge in [-0.1, -0.05) is 0 Å². The maximum atomic E-state index is 13.1. The summed E-state index contributed by atoms with van der Waals surface area (Å²) in [6, 6.07) is 5.96. The molecule has 8 nitrogen and oxygen atoms in total. The molecule has 4 rings (SSSR count). The van der Waals surface area contributed by atoms with Crippen LogP contribution in [0.1, 0.15) is 29.8 Å². The highest BCUT2D eigenvalue weighted by molar-refractivity contribution is 6.10. The van der Waals surface area contributed by atoms with Crippen molar-refractivity contribution < 1.29 is 14.6 Å². The Balaban J connectivity index is 1.65. The zero-order chi connectivity index (χ0) is 19.2. The number of benzene rings is 1. The number of hydrogen-bond acceptors (Lipinski definition) is 7. The number of nitrogens with zero attached hydrogens (tertiary/aromatic N) is 4. The molecule has 0 atom stereocenters. The van der Waals surface area contributed by atoms with Crippen LogP contribution in [0.4, 0.5) is 17.2 Å². The molecule has 1 aromatic heterocycles. The van der Waals surface area contributed by atoms with E-state index in [1.165, 1.54) is 6.33 Å². The van der Waals surface area contributed by atoms with Gasteiger partial charge in [0, 0.05) is 24.5 Å². The fraction of sp³-hybridized carbons (Fsp3) is 0.421. The predicted molar refractivity (Wildman–Crippen MR) is 102 cm³/mol. The summed E-state index contributed by atoms with van der Waals surface area (Å²) in [7, 11) is 0. The molecule has 0 aliphatic carbocycles. The van der Waals surface area contributed by atoms with Gasteiger partial charge in [-0.15, -0.1) is 0 Å². The quantitative estimate of drug-likeness (QED) is 0.838. The van der Waals surface area contributed by atoms with Gasteiger partial charge >= 0.3 is 0 Å². The van der Waals surface area contributed by atoms with Crippen LogP contribution in [-0.2, 0) is 6.42 Å². The van der Waals surface area contributed by atoms with Crippen LogP contribution in [0.15, 0.2) is 24.5 Å². The molecule has 0 saturated carbocycles. The zero-order valence-corrected chi connectivity index (χ0v) is 15.5. The lowest BCUT2D eigenvalue weighted by molar-refractivity contribution is 0.0878. The number of hydrogen-bond donors (Lipinski definition) is 2. The molecule has 0 radical (unpaired) electrons.